The van der Waals surface area contributed by atoms with Gasteiger partial charge < -0.3 is 5.11 Å². The molecule has 2 aliphatic carbocycles. The van der Waals surface area contributed by atoms with Crippen molar-refractivity contribution in [2.45, 2.75) is 39.4 Å². The summed E-state index contributed by atoms with van der Waals surface area (Å²) in [5.74, 6) is 0. The van der Waals surface area contributed by atoms with Crippen LogP contribution in [-0.4, -0.2) is 19.8 Å². The third-order valence-electron chi connectivity index (χ3n) is 6.05. The van der Waals surface area contributed by atoms with Gasteiger partial charge in [-0.05, 0) is 70.0 Å². The average Bonchev–Trinajstić information content (AvgIpc) is 3.26. The quantitative estimate of drug-likeness (QED) is 0.679. The van der Waals surface area contributed by atoms with Gasteiger partial charge in [0.15, 0.2) is 0 Å². The number of rotatable bonds is 4. The molecule has 1 nitrogen and oxygen atoms in total. The molecule has 0 atom stereocenters. The van der Waals surface area contributed by atoms with E-state index in [9.17, 15) is 5.11 Å². The molecule has 0 unspecified atom stereocenters. The first-order valence-electron chi connectivity index (χ1n) is 9.86. The molecular formula is C25H28OSi. The zero-order chi connectivity index (χ0) is 19.2. The van der Waals surface area contributed by atoms with Crippen molar-refractivity contribution in [3.8, 4) is 0 Å². The van der Waals surface area contributed by atoms with Crippen LogP contribution in [0.2, 0.25) is 19.1 Å². The molecule has 2 aromatic carbocycles. The zero-order valence-electron chi connectivity index (χ0n) is 16.8. The van der Waals surface area contributed by atoms with E-state index >= 15 is 0 Å². The second kappa shape index (κ2) is 6.77. The predicted molar refractivity (Wildman–Crippen MR) is 118 cm³/mol. The van der Waals surface area contributed by atoms with Crippen molar-refractivity contribution >= 4 is 25.3 Å². The highest BCUT2D eigenvalue weighted by Gasteiger charge is 2.27. The van der Waals surface area contributed by atoms with Crippen LogP contribution in [0.3, 0.4) is 0 Å². The number of allylic oxidation sites excluding steroid dienone is 4. The summed E-state index contributed by atoms with van der Waals surface area (Å²) < 4.78 is 0. The van der Waals surface area contributed by atoms with E-state index in [1.54, 1.807) is 0 Å². The van der Waals surface area contributed by atoms with Crippen molar-refractivity contribution in [3.63, 3.8) is 0 Å². The Labute approximate surface area is 162 Å². The SMILES string of the molecule is CC(C)=c1ccc2c(c1C1=CC([Si](C)(C)CCO)=CC1)C=c1ccccc1=2. The normalized spacial score (nSPS) is 15.0. The first kappa shape index (κ1) is 18.2. The summed E-state index contributed by atoms with van der Waals surface area (Å²) in [5.41, 5.74) is 5.57. The van der Waals surface area contributed by atoms with E-state index in [1.165, 1.54) is 48.3 Å². The fourth-order valence-corrected chi connectivity index (χ4v) is 6.45. The van der Waals surface area contributed by atoms with Crippen molar-refractivity contribution < 1.29 is 5.11 Å². The molecule has 0 fully saturated rings. The lowest BCUT2D eigenvalue weighted by atomic mass is 9.94. The Balaban J connectivity index is 1.96. The largest absolute Gasteiger partial charge is 0.397 e. The summed E-state index contributed by atoms with van der Waals surface area (Å²) in [6, 6.07) is 14.2. The summed E-state index contributed by atoms with van der Waals surface area (Å²) >= 11 is 0. The molecule has 0 bridgehead atoms. The van der Waals surface area contributed by atoms with Crippen LogP contribution >= 0.6 is 0 Å². The van der Waals surface area contributed by atoms with E-state index < -0.39 is 8.07 Å². The molecule has 27 heavy (non-hydrogen) atoms. The van der Waals surface area contributed by atoms with E-state index in [4.69, 9.17) is 0 Å². The van der Waals surface area contributed by atoms with E-state index in [1.807, 2.05) is 0 Å². The first-order valence-corrected chi connectivity index (χ1v) is 13.1. The van der Waals surface area contributed by atoms with Crippen molar-refractivity contribution in [2.75, 3.05) is 6.61 Å². The first-order chi connectivity index (χ1) is 12.9. The van der Waals surface area contributed by atoms with Crippen molar-refractivity contribution in [3.05, 3.63) is 85.7 Å². The van der Waals surface area contributed by atoms with Crippen LogP contribution < -0.4 is 10.4 Å². The number of aliphatic hydroxyl groups excluding tert-OH is 1. The van der Waals surface area contributed by atoms with Crippen LogP contribution in [0.15, 0.2) is 53.7 Å². The van der Waals surface area contributed by atoms with Gasteiger partial charge in [-0.15, -0.1) is 0 Å². The Kier molecular flexibility index (Phi) is 4.57. The Hall–Kier alpha value is -2.16. The highest BCUT2D eigenvalue weighted by atomic mass is 28.3. The maximum absolute atomic E-state index is 9.47. The molecule has 0 spiro atoms. The van der Waals surface area contributed by atoms with Gasteiger partial charge in [0.25, 0.3) is 0 Å². The monoisotopic (exact) mass is 372 g/mol. The molecule has 0 radical (unpaired) electrons. The van der Waals surface area contributed by atoms with E-state index in [2.05, 4.69) is 81.6 Å². The number of fused-ring (bicyclic) bond motifs is 2. The van der Waals surface area contributed by atoms with E-state index in [-0.39, 0.29) is 6.61 Å². The van der Waals surface area contributed by atoms with E-state index in [0.29, 0.717) is 0 Å². The molecule has 0 heterocycles. The number of hydrogen-bond donors (Lipinski definition) is 1. The molecule has 0 aliphatic heterocycles. The van der Waals surface area contributed by atoms with Crippen molar-refractivity contribution in [1.82, 2.24) is 0 Å². The number of aliphatic hydroxyl groups is 1. The minimum absolute atomic E-state index is 0.288. The summed E-state index contributed by atoms with van der Waals surface area (Å²) in [4.78, 5) is 0. The number of hydrogen-bond acceptors (Lipinski definition) is 1. The van der Waals surface area contributed by atoms with Crippen LogP contribution in [-0.2, 0) is 0 Å². The molecule has 138 valence electrons. The molecule has 0 amide bonds. The Morgan fingerprint density at radius 1 is 1.00 bits per heavy atom. The molecule has 0 saturated carbocycles. The minimum atomic E-state index is -1.56. The van der Waals surface area contributed by atoms with Gasteiger partial charge in [0.1, 0.15) is 0 Å². The second-order valence-corrected chi connectivity index (χ2v) is 13.4. The standard InChI is InChI=1S/C25H28OSi/c1-17(2)21-11-12-23-22-8-6-5-7-18(22)16-24(23)25(21)19-9-10-20(15-19)27(3,4)14-13-26/h5-8,10-12,15-16,26H,9,13-14H2,1-4H3. The van der Waals surface area contributed by atoms with Gasteiger partial charge in [0.2, 0.25) is 0 Å². The van der Waals surface area contributed by atoms with Gasteiger partial charge in [-0.3, -0.25) is 0 Å². The molecule has 4 rings (SSSR count). The lowest BCUT2D eigenvalue weighted by molar-refractivity contribution is 0.316. The molecule has 0 aromatic heterocycles. The van der Waals surface area contributed by atoms with Gasteiger partial charge in [-0.2, -0.15) is 0 Å². The number of benzene rings is 2. The Morgan fingerprint density at radius 2 is 1.78 bits per heavy atom. The van der Waals surface area contributed by atoms with Gasteiger partial charge in [-0.25, -0.2) is 0 Å². The lowest BCUT2D eigenvalue weighted by Crippen LogP contribution is -2.28. The third-order valence-corrected chi connectivity index (χ3v) is 9.43. The zero-order valence-corrected chi connectivity index (χ0v) is 17.8. The summed E-state index contributed by atoms with van der Waals surface area (Å²) in [7, 11) is -1.56. The molecule has 2 heteroatoms. The Bertz CT molecular complexity index is 1190. The molecule has 2 aromatic rings. The smallest absolute Gasteiger partial charge is 0.0824 e. The lowest BCUT2D eigenvalue weighted by Gasteiger charge is -2.21. The van der Waals surface area contributed by atoms with Crippen LogP contribution in [0.25, 0.3) is 17.2 Å². The topological polar surface area (TPSA) is 20.2 Å². The van der Waals surface area contributed by atoms with Gasteiger partial charge >= 0.3 is 0 Å². The molecular weight excluding hydrogens is 344 g/mol. The summed E-state index contributed by atoms with van der Waals surface area (Å²) in [6.07, 6.45) is 8.20. The highest BCUT2D eigenvalue weighted by Crippen LogP contribution is 2.34. The molecule has 0 saturated heterocycles. The molecule has 1 N–H and O–H groups in total. The predicted octanol–water partition coefficient (Wildman–Crippen LogP) is 4.26. The van der Waals surface area contributed by atoms with E-state index in [0.717, 1.165) is 12.5 Å². The van der Waals surface area contributed by atoms with Crippen LogP contribution in [0, 0.1) is 10.4 Å². The van der Waals surface area contributed by atoms with Crippen LogP contribution in [0.1, 0.15) is 31.4 Å². The highest BCUT2D eigenvalue weighted by molar-refractivity contribution is 6.85. The molecule has 2 aliphatic rings. The van der Waals surface area contributed by atoms with Crippen molar-refractivity contribution in [1.29, 1.82) is 0 Å². The maximum Gasteiger partial charge on any atom is 0.0824 e. The second-order valence-electron chi connectivity index (χ2n) is 8.57. The fourth-order valence-electron chi connectivity index (χ4n) is 4.39. The van der Waals surface area contributed by atoms with Crippen molar-refractivity contribution in [2.24, 2.45) is 0 Å². The summed E-state index contributed by atoms with van der Waals surface area (Å²) in [5, 5.41) is 16.3. The average molecular weight is 373 g/mol. The van der Waals surface area contributed by atoms with Gasteiger partial charge in [-0.1, -0.05) is 72.4 Å². The van der Waals surface area contributed by atoms with Gasteiger partial charge in [0.05, 0.1) is 8.07 Å². The third kappa shape index (κ3) is 3.07. The van der Waals surface area contributed by atoms with Crippen LogP contribution in [0.4, 0.5) is 0 Å². The minimum Gasteiger partial charge on any atom is -0.397 e. The Morgan fingerprint density at radius 3 is 2.52 bits per heavy atom. The van der Waals surface area contributed by atoms with Gasteiger partial charge in [0, 0.05) is 6.61 Å². The van der Waals surface area contributed by atoms with Crippen LogP contribution in [0.5, 0.6) is 0 Å². The fraction of sp³-hybridized carbons (Fsp3) is 0.280. The maximum atomic E-state index is 9.47. The summed E-state index contributed by atoms with van der Waals surface area (Å²) in [6.45, 7) is 9.44.